The van der Waals surface area contributed by atoms with E-state index in [0.29, 0.717) is 11.3 Å². The van der Waals surface area contributed by atoms with E-state index in [0.717, 1.165) is 0 Å². The van der Waals surface area contributed by atoms with Gasteiger partial charge in [0.1, 0.15) is 10.6 Å². The Morgan fingerprint density at radius 3 is 2.67 bits per heavy atom. The highest BCUT2D eigenvalue weighted by Crippen LogP contribution is 2.22. The molecule has 6 heteroatoms. The lowest BCUT2D eigenvalue weighted by atomic mass is 10.2. The van der Waals surface area contributed by atoms with Crippen LogP contribution in [-0.2, 0) is 10.0 Å². The Morgan fingerprint density at radius 1 is 1.28 bits per heavy atom. The van der Waals surface area contributed by atoms with Crippen LogP contribution in [0.2, 0.25) is 0 Å². The molecule has 0 fully saturated rings. The van der Waals surface area contributed by atoms with Crippen LogP contribution in [0.15, 0.2) is 47.6 Å². The quantitative estimate of drug-likeness (QED) is 0.830. The molecule has 5 nitrogen and oxygen atoms in total. The molecular formula is C12H12N2O3S. The summed E-state index contributed by atoms with van der Waals surface area (Å²) in [5.74, 6) is 0.0943. The van der Waals surface area contributed by atoms with Gasteiger partial charge in [0.25, 0.3) is 10.0 Å². The average Bonchev–Trinajstić information content (AvgIpc) is 2.34. The summed E-state index contributed by atoms with van der Waals surface area (Å²) in [5, 5.41) is 9.27. The van der Waals surface area contributed by atoms with E-state index in [4.69, 9.17) is 0 Å². The third-order valence-electron chi connectivity index (χ3n) is 2.40. The molecule has 0 saturated heterocycles. The van der Waals surface area contributed by atoms with Gasteiger partial charge in [-0.25, -0.2) is 8.42 Å². The first-order valence-electron chi connectivity index (χ1n) is 5.21. The maximum absolute atomic E-state index is 12.0. The van der Waals surface area contributed by atoms with Gasteiger partial charge in [-0.05, 0) is 42.8 Å². The van der Waals surface area contributed by atoms with Gasteiger partial charge in [-0.2, -0.15) is 0 Å². The summed E-state index contributed by atoms with van der Waals surface area (Å²) in [6.45, 7) is 1.71. The molecule has 0 radical (unpaired) electrons. The molecule has 2 N–H and O–H groups in total. The maximum Gasteiger partial charge on any atom is 0.263 e. The van der Waals surface area contributed by atoms with Crippen LogP contribution in [0.3, 0.4) is 0 Å². The van der Waals surface area contributed by atoms with Crippen molar-refractivity contribution in [3.8, 4) is 5.75 Å². The number of nitrogens with zero attached hydrogens (tertiary/aromatic N) is 1. The molecule has 0 amide bonds. The first kappa shape index (κ1) is 12.4. The number of nitrogens with one attached hydrogen (secondary N) is 1. The molecule has 1 aromatic carbocycles. The van der Waals surface area contributed by atoms with E-state index in [1.807, 2.05) is 0 Å². The summed E-state index contributed by atoms with van der Waals surface area (Å²) in [7, 11) is -3.64. The Bertz CT molecular complexity index is 654. The largest absolute Gasteiger partial charge is 0.508 e. The first-order valence-corrected chi connectivity index (χ1v) is 6.70. The molecule has 0 saturated carbocycles. The van der Waals surface area contributed by atoms with Crippen molar-refractivity contribution >= 4 is 15.7 Å². The molecule has 0 aliphatic rings. The topological polar surface area (TPSA) is 79.3 Å². The number of benzene rings is 1. The average molecular weight is 264 g/mol. The van der Waals surface area contributed by atoms with Gasteiger partial charge < -0.3 is 5.11 Å². The van der Waals surface area contributed by atoms with Crippen LogP contribution >= 0.6 is 0 Å². The second-order valence-corrected chi connectivity index (χ2v) is 5.48. The van der Waals surface area contributed by atoms with Crippen LogP contribution in [0.5, 0.6) is 5.75 Å². The summed E-state index contributed by atoms with van der Waals surface area (Å²) in [6.07, 6.45) is 2.78. The summed E-state index contributed by atoms with van der Waals surface area (Å²) < 4.78 is 26.5. The summed E-state index contributed by atoms with van der Waals surface area (Å²) in [5.41, 5.74) is 1.07. The highest BCUT2D eigenvalue weighted by Gasteiger charge is 2.15. The second-order valence-electron chi connectivity index (χ2n) is 3.79. The molecule has 1 aromatic heterocycles. The molecule has 0 unspecified atom stereocenters. The molecule has 2 rings (SSSR count). The standard InChI is InChI=1S/C12H12N2O3S/c1-9-7-10(15)4-5-12(9)14-18(16,17)11-3-2-6-13-8-11/h2-8,14-15H,1H3. The van der Waals surface area contributed by atoms with E-state index < -0.39 is 10.0 Å². The van der Waals surface area contributed by atoms with Crippen molar-refractivity contribution in [1.82, 2.24) is 4.98 Å². The number of phenolic OH excluding ortho intramolecular Hbond substituents is 1. The minimum absolute atomic E-state index is 0.0943. The summed E-state index contributed by atoms with van der Waals surface area (Å²) in [6, 6.07) is 7.44. The number of hydrogen-bond acceptors (Lipinski definition) is 4. The second kappa shape index (κ2) is 4.66. The van der Waals surface area contributed by atoms with Gasteiger partial charge in [-0.3, -0.25) is 9.71 Å². The Kier molecular flexibility index (Phi) is 3.20. The van der Waals surface area contributed by atoms with Crippen molar-refractivity contribution in [3.63, 3.8) is 0 Å². The monoisotopic (exact) mass is 264 g/mol. The predicted octanol–water partition coefficient (Wildman–Crippen LogP) is 1.90. The number of hydrogen-bond donors (Lipinski definition) is 2. The van der Waals surface area contributed by atoms with Crippen LogP contribution < -0.4 is 4.72 Å². The van der Waals surface area contributed by atoms with Gasteiger partial charge in [0.05, 0.1) is 5.69 Å². The minimum atomic E-state index is -3.64. The fraction of sp³-hybridized carbons (Fsp3) is 0.0833. The Labute approximate surface area is 105 Å². The fourth-order valence-electron chi connectivity index (χ4n) is 1.47. The summed E-state index contributed by atoms with van der Waals surface area (Å²) in [4.78, 5) is 3.86. The van der Waals surface area contributed by atoms with Gasteiger partial charge in [0.2, 0.25) is 0 Å². The number of aromatic nitrogens is 1. The van der Waals surface area contributed by atoms with Crippen molar-refractivity contribution in [2.75, 3.05) is 4.72 Å². The molecule has 1 heterocycles. The first-order chi connectivity index (χ1) is 8.49. The zero-order valence-corrected chi connectivity index (χ0v) is 10.5. The lowest BCUT2D eigenvalue weighted by Gasteiger charge is -2.10. The molecular weight excluding hydrogens is 252 g/mol. The third-order valence-corrected chi connectivity index (χ3v) is 3.75. The predicted molar refractivity (Wildman–Crippen MR) is 67.9 cm³/mol. The van der Waals surface area contributed by atoms with E-state index in [1.54, 1.807) is 13.0 Å². The molecule has 0 spiro atoms. The maximum atomic E-state index is 12.0. The van der Waals surface area contributed by atoms with Crippen LogP contribution in [0.25, 0.3) is 0 Å². The molecule has 0 atom stereocenters. The molecule has 2 aromatic rings. The molecule has 18 heavy (non-hydrogen) atoms. The number of sulfonamides is 1. The number of phenols is 1. The smallest absolute Gasteiger partial charge is 0.263 e. The number of anilines is 1. The Morgan fingerprint density at radius 2 is 2.06 bits per heavy atom. The SMILES string of the molecule is Cc1cc(O)ccc1NS(=O)(=O)c1cccnc1. The molecule has 0 aliphatic carbocycles. The third kappa shape index (κ3) is 2.60. The zero-order chi connectivity index (χ0) is 13.2. The molecule has 94 valence electrons. The van der Waals surface area contributed by atoms with Gasteiger partial charge in [0.15, 0.2) is 0 Å². The number of pyridine rings is 1. The van der Waals surface area contributed by atoms with E-state index in [9.17, 15) is 13.5 Å². The zero-order valence-electron chi connectivity index (χ0n) is 9.66. The van der Waals surface area contributed by atoms with Crippen molar-refractivity contribution < 1.29 is 13.5 Å². The van der Waals surface area contributed by atoms with Crippen LogP contribution in [-0.4, -0.2) is 18.5 Å². The van der Waals surface area contributed by atoms with Crippen LogP contribution in [0.4, 0.5) is 5.69 Å². The lowest BCUT2D eigenvalue weighted by molar-refractivity contribution is 0.475. The van der Waals surface area contributed by atoms with Crippen molar-refractivity contribution in [2.45, 2.75) is 11.8 Å². The van der Waals surface area contributed by atoms with Gasteiger partial charge >= 0.3 is 0 Å². The fourth-order valence-corrected chi connectivity index (χ4v) is 2.57. The van der Waals surface area contributed by atoms with E-state index >= 15 is 0 Å². The van der Waals surface area contributed by atoms with Gasteiger partial charge in [-0.1, -0.05) is 0 Å². The van der Waals surface area contributed by atoms with Crippen molar-refractivity contribution in [2.24, 2.45) is 0 Å². The number of aryl methyl sites for hydroxylation is 1. The number of aromatic hydroxyl groups is 1. The van der Waals surface area contributed by atoms with E-state index in [2.05, 4.69) is 9.71 Å². The van der Waals surface area contributed by atoms with E-state index in [1.165, 1.54) is 36.7 Å². The van der Waals surface area contributed by atoms with Gasteiger partial charge in [-0.15, -0.1) is 0 Å². The van der Waals surface area contributed by atoms with Crippen molar-refractivity contribution in [3.05, 3.63) is 48.3 Å². The number of rotatable bonds is 3. The molecule has 0 bridgehead atoms. The normalized spacial score (nSPS) is 11.2. The Hall–Kier alpha value is -2.08. The Balaban J connectivity index is 2.34. The van der Waals surface area contributed by atoms with Crippen LogP contribution in [0.1, 0.15) is 5.56 Å². The minimum Gasteiger partial charge on any atom is -0.508 e. The highest BCUT2D eigenvalue weighted by atomic mass is 32.2. The summed E-state index contributed by atoms with van der Waals surface area (Å²) >= 11 is 0. The molecule has 0 aliphatic heterocycles. The van der Waals surface area contributed by atoms with Crippen LogP contribution in [0, 0.1) is 6.92 Å². The van der Waals surface area contributed by atoms with E-state index in [-0.39, 0.29) is 10.6 Å². The van der Waals surface area contributed by atoms with Gasteiger partial charge in [0, 0.05) is 12.4 Å². The lowest BCUT2D eigenvalue weighted by Crippen LogP contribution is -2.13. The highest BCUT2D eigenvalue weighted by molar-refractivity contribution is 7.92. The van der Waals surface area contributed by atoms with Crippen molar-refractivity contribution in [1.29, 1.82) is 0 Å².